The zero-order valence-corrected chi connectivity index (χ0v) is 9.93. The Labute approximate surface area is 101 Å². The fraction of sp³-hybridized carbons (Fsp3) is 0.500. The molecule has 0 radical (unpaired) electrons. The highest BCUT2D eigenvalue weighted by Gasteiger charge is 2.18. The molecule has 1 aromatic heterocycles. The Morgan fingerprint density at radius 1 is 1.65 bits per heavy atom. The van der Waals surface area contributed by atoms with Gasteiger partial charge in [-0.15, -0.1) is 0 Å². The van der Waals surface area contributed by atoms with Crippen molar-refractivity contribution in [2.75, 3.05) is 25.1 Å². The molecule has 0 saturated carbocycles. The second-order valence-electron chi connectivity index (χ2n) is 4.24. The summed E-state index contributed by atoms with van der Waals surface area (Å²) in [6.45, 7) is 1.73. The molecule has 0 aromatic carbocycles. The molecule has 92 valence electrons. The van der Waals surface area contributed by atoms with E-state index in [9.17, 15) is 4.79 Å². The first-order valence-electron chi connectivity index (χ1n) is 5.75. The van der Waals surface area contributed by atoms with Crippen LogP contribution >= 0.6 is 0 Å². The largest absolute Gasteiger partial charge is 0.465 e. The SMILES string of the molecule is COC(=O)c1ccnc(N2CCCC(N)C2)c1. The summed E-state index contributed by atoms with van der Waals surface area (Å²) in [7, 11) is 1.37. The van der Waals surface area contributed by atoms with Gasteiger partial charge in [-0.05, 0) is 25.0 Å². The maximum atomic E-state index is 11.4. The number of hydrogen-bond donors (Lipinski definition) is 1. The molecule has 1 aromatic rings. The Morgan fingerprint density at radius 2 is 2.47 bits per heavy atom. The first kappa shape index (κ1) is 11.9. The van der Waals surface area contributed by atoms with Gasteiger partial charge in [0, 0.05) is 25.3 Å². The Kier molecular flexibility index (Phi) is 3.58. The number of nitrogens with two attached hydrogens (primary N) is 1. The van der Waals surface area contributed by atoms with Crippen LogP contribution in [0.4, 0.5) is 5.82 Å². The van der Waals surface area contributed by atoms with Crippen molar-refractivity contribution < 1.29 is 9.53 Å². The van der Waals surface area contributed by atoms with E-state index >= 15 is 0 Å². The number of nitrogens with zero attached hydrogens (tertiary/aromatic N) is 2. The van der Waals surface area contributed by atoms with Crippen LogP contribution in [0.5, 0.6) is 0 Å². The first-order chi connectivity index (χ1) is 8.20. The van der Waals surface area contributed by atoms with Crippen LogP contribution in [0.1, 0.15) is 23.2 Å². The Hall–Kier alpha value is -1.62. The molecule has 2 heterocycles. The maximum Gasteiger partial charge on any atom is 0.338 e. The number of ether oxygens (including phenoxy) is 1. The van der Waals surface area contributed by atoms with Gasteiger partial charge in [-0.1, -0.05) is 0 Å². The normalized spacial score (nSPS) is 20.1. The minimum absolute atomic E-state index is 0.187. The van der Waals surface area contributed by atoms with Crippen molar-refractivity contribution in [2.45, 2.75) is 18.9 Å². The van der Waals surface area contributed by atoms with Crippen LogP contribution in [0.15, 0.2) is 18.3 Å². The molecule has 0 bridgehead atoms. The lowest BCUT2D eigenvalue weighted by Crippen LogP contribution is -2.43. The second-order valence-corrected chi connectivity index (χ2v) is 4.24. The monoisotopic (exact) mass is 235 g/mol. The molecule has 1 unspecified atom stereocenters. The summed E-state index contributed by atoms with van der Waals surface area (Å²) < 4.78 is 4.69. The Bertz CT molecular complexity index is 408. The van der Waals surface area contributed by atoms with E-state index < -0.39 is 0 Å². The highest BCUT2D eigenvalue weighted by Crippen LogP contribution is 2.18. The minimum atomic E-state index is -0.338. The van der Waals surface area contributed by atoms with Crippen LogP contribution < -0.4 is 10.6 Å². The van der Waals surface area contributed by atoms with Crippen LogP contribution in [0.3, 0.4) is 0 Å². The van der Waals surface area contributed by atoms with E-state index in [1.54, 1.807) is 18.3 Å². The average Bonchev–Trinajstić information content (AvgIpc) is 2.38. The van der Waals surface area contributed by atoms with E-state index in [1.807, 2.05) is 0 Å². The standard InChI is InChI=1S/C12H17N3O2/c1-17-12(16)9-4-5-14-11(7-9)15-6-2-3-10(13)8-15/h4-5,7,10H,2-3,6,8,13H2,1H3. The summed E-state index contributed by atoms with van der Waals surface area (Å²) in [6.07, 6.45) is 3.74. The number of methoxy groups -OCH3 is 1. The fourth-order valence-corrected chi connectivity index (χ4v) is 2.05. The van der Waals surface area contributed by atoms with E-state index in [0.29, 0.717) is 5.56 Å². The molecular weight excluding hydrogens is 218 g/mol. The molecule has 1 aliphatic rings. The maximum absolute atomic E-state index is 11.4. The number of anilines is 1. The van der Waals surface area contributed by atoms with Crippen molar-refractivity contribution in [2.24, 2.45) is 5.73 Å². The molecule has 17 heavy (non-hydrogen) atoms. The van der Waals surface area contributed by atoms with E-state index in [1.165, 1.54) is 7.11 Å². The van der Waals surface area contributed by atoms with Crippen LogP contribution in [0.2, 0.25) is 0 Å². The lowest BCUT2D eigenvalue weighted by molar-refractivity contribution is 0.0600. The number of rotatable bonds is 2. The van der Waals surface area contributed by atoms with Crippen molar-refractivity contribution in [1.29, 1.82) is 0 Å². The molecular formula is C12H17N3O2. The lowest BCUT2D eigenvalue weighted by atomic mass is 10.1. The molecule has 1 aliphatic heterocycles. The van der Waals surface area contributed by atoms with Gasteiger partial charge in [0.15, 0.2) is 0 Å². The summed E-state index contributed by atoms with van der Waals surface area (Å²) in [6, 6.07) is 3.59. The second kappa shape index (κ2) is 5.14. The molecule has 1 saturated heterocycles. The van der Waals surface area contributed by atoms with Crippen LogP contribution in [-0.2, 0) is 4.74 Å². The van der Waals surface area contributed by atoms with Gasteiger partial charge in [0.25, 0.3) is 0 Å². The number of aromatic nitrogens is 1. The molecule has 0 aliphatic carbocycles. The summed E-state index contributed by atoms with van der Waals surface area (Å²) in [5.74, 6) is 0.456. The predicted octanol–water partition coefficient (Wildman–Crippen LogP) is 0.796. The summed E-state index contributed by atoms with van der Waals surface area (Å²) in [5, 5.41) is 0. The van der Waals surface area contributed by atoms with Crippen LogP contribution in [0.25, 0.3) is 0 Å². The molecule has 2 N–H and O–H groups in total. The first-order valence-corrected chi connectivity index (χ1v) is 5.75. The van der Waals surface area contributed by atoms with Crippen LogP contribution in [0, 0.1) is 0 Å². The highest BCUT2D eigenvalue weighted by atomic mass is 16.5. The minimum Gasteiger partial charge on any atom is -0.465 e. The molecule has 0 spiro atoms. The predicted molar refractivity (Wildman–Crippen MR) is 65.0 cm³/mol. The quantitative estimate of drug-likeness (QED) is 0.768. The van der Waals surface area contributed by atoms with Crippen LogP contribution in [-0.4, -0.2) is 37.2 Å². The third-order valence-electron chi connectivity index (χ3n) is 2.95. The number of piperidine rings is 1. The number of carbonyl (C=O) groups excluding carboxylic acids is 1. The molecule has 1 fully saturated rings. The van der Waals surface area contributed by atoms with Crippen molar-refractivity contribution in [3.05, 3.63) is 23.9 Å². The number of carbonyl (C=O) groups is 1. The third-order valence-corrected chi connectivity index (χ3v) is 2.95. The van der Waals surface area contributed by atoms with Crippen molar-refractivity contribution in [3.8, 4) is 0 Å². The molecule has 0 amide bonds. The van der Waals surface area contributed by atoms with Crippen molar-refractivity contribution in [1.82, 2.24) is 4.98 Å². The summed E-state index contributed by atoms with van der Waals surface area (Å²) >= 11 is 0. The van der Waals surface area contributed by atoms with E-state index in [0.717, 1.165) is 31.7 Å². The highest BCUT2D eigenvalue weighted by molar-refractivity contribution is 5.90. The lowest BCUT2D eigenvalue weighted by Gasteiger charge is -2.31. The number of hydrogen-bond acceptors (Lipinski definition) is 5. The smallest absolute Gasteiger partial charge is 0.338 e. The van der Waals surface area contributed by atoms with Gasteiger partial charge in [0.2, 0.25) is 0 Å². The summed E-state index contributed by atoms with van der Waals surface area (Å²) in [4.78, 5) is 17.8. The zero-order chi connectivity index (χ0) is 12.3. The van der Waals surface area contributed by atoms with E-state index in [2.05, 4.69) is 14.6 Å². The average molecular weight is 235 g/mol. The van der Waals surface area contributed by atoms with Gasteiger partial charge in [0.1, 0.15) is 5.82 Å². The molecule has 5 nitrogen and oxygen atoms in total. The molecule has 2 rings (SSSR count). The Morgan fingerprint density at radius 3 is 3.18 bits per heavy atom. The van der Waals surface area contributed by atoms with Gasteiger partial charge < -0.3 is 15.4 Å². The van der Waals surface area contributed by atoms with Gasteiger partial charge in [0.05, 0.1) is 12.7 Å². The Balaban J connectivity index is 2.17. The van der Waals surface area contributed by atoms with Gasteiger partial charge in [-0.25, -0.2) is 9.78 Å². The fourth-order valence-electron chi connectivity index (χ4n) is 2.05. The molecule has 1 atom stereocenters. The van der Waals surface area contributed by atoms with Crippen molar-refractivity contribution in [3.63, 3.8) is 0 Å². The molecule has 5 heteroatoms. The van der Waals surface area contributed by atoms with Gasteiger partial charge in [-0.3, -0.25) is 0 Å². The van der Waals surface area contributed by atoms with Crippen molar-refractivity contribution >= 4 is 11.8 Å². The third kappa shape index (κ3) is 2.74. The topological polar surface area (TPSA) is 68.5 Å². The summed E-state index contributed by atoms with van der Waals surface area (Å²) in [5.41, 5.74) is 6.45. The number of pyridine rings is 1. The van der Waals surface area contributed by atoms with E-state index in [-0.39, 0.29) is 12.0 Å². The number of esters is 1. The van der Waals surface area contributed by atoms with Gasteiger partial charge >= 0.3 is 5.97 Å². The van der Waals surface area contributed by atoms with Gasteiger partial charge in [-0.2, -0.15) is 0 Å². The van der Waals surface area contributed by atoms with E-state index in [4.69, 9.17) is 5.73 Å². The zero-order valence-electron chi connectivity index (χ0n) is 9.93.